The number of nitrogens with zero attached hydrogens (tertiary/aromatic N) is 1. The van der Waals surface area contributed by atoms with Crippen LogP contribution in [0.3, 0.4) is 0 Å². The molecule has 32 heavy (non-hydrogen) atoms. The van der Waals surface area contributed by atoms with Crippen molar-refractivity contribution in [3.8, 4) is 0 Å². The van der Waals surface area contributed by atoms with Crippen molar-refractivity contribution in [2.45, 2.75) is 44.2 Å². The second-order valence-electron chi connectivity index (χ2n) is 8.06. The van der Waals surface area contributed by atoms with Crippen LogP contribution in [0.25, 0.3) is 0 Å². The molecule has 0 heterocycles. The molecule has 0 spiro atoms. The lowest BCUT2D eigenvalue weighted by atomic mass is 10.1. The Morgan fingerprint density at radius 2 is 1.47 bits per heavy atom. The highest BCUT2D eigenvalue weighted by Gasteiger charge is 2.27. The Morgan fingerprint density at radius 3 is 2.09 bits per heavy atom. The van der Waals surface area contributed by atoms with E-state index in [9.17, 15) is 13.2 Å². The molecule has 6 heteroatoms. The van der Waals surface area contributed by atoms with Gasteiger partial charge in [0.05, 0.1) is 11.4 Å². The molecule has 0 radical (unpaired) electrons. The predicted octanol–water partition coefficient (Wildman–Crippen LogP) is 4.32. The predicted molar refractivity (Wildman–Crippen MR) is 128 cm³/mol. The normalized spacial score (nSPS) is 12.5. The van der Waals surface area contributed by atoms with Crippen molar-refractivity contribution < 1.29 is 13.2 Å². The van der Waals surface area contributed by atoms with Crippen molar-refractivity contribution in [1.29, 1.82) is 0 Å². The lowest BCUT2D eigenvalue weighted by Crippen LogP contribution is -2.43. The van der Waals surface area contributed by atoms with Crippen LogP contribution in [-0.2, 0) is 27.8 Å². The quantitative estimate of drug-likeness (QED) is 0.500. The van der Waals surface area contributed by atoms with E-state index in [2.05, 4.69) is 17.4 Å². The Bertz CT molecular complexity index is 1100. The summed E-state index contributed by atoms with van der Waals surface area (Å²) in [6, 6.07) is 25.9. The number of carbonyl (C=O) groups is 1. The summed E-state index contributed by atoms with van der Waals surface area (Å²) in [4.78, 5) is 13.0. The molecule has 1 amide bonds. The van der Waals surface area contributed by atoms with Crippen molar-refractivity contribution in [1.82, 2.24) is 9.62 Å². The molecule has 0 saturated heterocycles. The molecule has 168 valence electrons. The van der Waals surface area contributed by atoms with Gasteiger partial charge in [0.15, 0.2) is 0 Å². The van der Waals surface area contributed by atoms with Gasteiger partial charge in [-0.15, -0.1) is 0 Å². The molecular formula is C26H30N2O3S. The number of sulfonamides is 1. The summed E-state index contributed by atoms with van der Waals surface area (Å²) in [5, 5.41) is 2.95. The minimum Gasteiger partial charge on any atom is -0.352 e. The zero-order valence-electron chi connectivity index (χ0n) is 18.6. The molecule has 0 bridgehead atoms. The molecular weight excluding hydrogens is 420 g/mol. The van der Waals surface area contributed by atoms with Crippen molar-refractivity contribution in [3.63, 3.8) is 0 Å². The summed E-state index contributed by atoms with van der Waals surface area (Å²) in [5.41, 5.74) is 3.14. The SMILES string of the molecule is Cc1ccc(CN(CC(=O)N[C@H](C)CCc2ccccc2)S(=O)(=O)c2ccccc2)cc1. The summed E-state index contributed by atoms with van der Waals surface area (Å²) in [7, 11) is -3.82. The van der Waals surface area contributed by atoms with Crippen LogP contribution in [0, 0.1) is 6.92 Å². The number of benzene rings is 3. The van der Waals surface area contributed by atoms with E-state index in [0.717, 1.165) is 24.0 Å². The van der Waals surface area contributed by atoms with Gasteiger partial charge < -0.3 is 5.32 Å². The number of rotatable bonds is 10. The van der Waals surface area contributed by atoms with Crippen molar-refractivity contribution in [2.24, 2.45) is 0 Å². The highest BCUT2D eigenvalue weighted by atomic mass is 32.2. The summed E-state index contributed by atoms with van der Waals surface area (Å²) in [6.45, 7) is 3.81. The van der Waals surface area contributed by atoms with Crippen LogP contribution in [0.2, 0.25) is 0 Å². The fourth-order valence-corrected chi connectivity index (χ4v) is 4.85. The first kappa shape index (κ1) is 23.7. The zero-order valence-corrected chi connectivity index (χ0v) is 19.4. The van der Waals surface area contributed by atoms with Crippen LogP contribution in [-0.4, -0.2) is 31.2 Å². The van der Waals surface area contributed by atoms with Gasteiger partial charge in [-0.3, -0.25) is 4.79 Å². The van der Waals surface area contributed by atoms with Crippen molar-refractivity contribution in [3.05, 3.63) is 102 Å². The third kappa shape index (κ3) is 6.77. The van der Waals surface area contributed by atoms with Crippen molar-refractivity contribution >= 4 is 15.9 Å². The summed E-state index contributed by atoms with van der Waals surface area (Å²) >= 11 is 0. The standard InChI is InChI=1S/C26H30N2O3S/c1-21-13-16-24(17-14-21)19-28(32(30,31)25-11-7-4-8-12-25)20-26(29)27-22(2)15-18-23-9-5-3-6-10-23/h3-14,16-17,22H,15,18-20H2,1-2H3,(H,27,29)/t22-/m1/s1. The number of carbonyl (C=O) groups excluding carboxylic acids is 1. The molecule has 1 N–H and O–H groups in total. The van der Waals surface area contributed by atoms with E-state index in [0.29, 0.717) is 0 Å². The van der Waals surface area contributed by atoms with Gasteiger partial charge in [-0.2, -0.15) is 4.31 Å². The minimum absolute atomic E-state index is 0.0663. The Balaban J connectivity index is 1.70. The van der Waals surface area contributed by atoms with Gasteiger partial charge in [-0.25, -0.2) is 8.42 Å². The molecule has 0 aliphatic carbocycles. The number of hydrogen-bond donors (Lipinski definition) is 1. The molecule has 0 aromatic heterocycles. The van der Waals surface area contributed by atoms with E-state index in [1.807, 2.05) is 56.3 Å². The summed E-state index contributed by atoms with van der Waals surface area (Å²) in [5.74, 6) is -0.308. The van der Waals surface area contributed by atoms with Crippen LogP contribution in [0.4, 0.5) is 0 Å². The molecule has 3 aromatic carbocycles. The summed E-state index contributed by atoms with van der Waals surface area (Å²) in [6.07, 6.45) is 1.62. The average molecular weight is 451 g/mol. The highest BCUT2D eigenvalue weighted by molar-refractivity contribution is 7.89. The van der Waals surface area contributed by atoms with Gasteiger partial charge in [0.2, 0.25) is 15.9 Å². The van der Waals surface area contributed by atoms with Gasteiger partial charge in [0.25, 0.3) is 0 Å². The van der Waals surface area contributed by atoms with Gasteiger partial charge in [0, 0.05) is 12.6 Å². The average Bonchev–Trinajstić information content (AvgIpc) is 2.80. The van der Waals surface area contributed by atoms with E-state index >= 15 is 0 Å². The molecule has 3 aromatic rings. The Kier molecular flexibility index (Phi) is 8.20. The first-order chi connectivity index (χ1) is 15.3. The molecule has 0 aliphatic heterocycles. The smallest absolute Gasteiger partial charge is 0.243 e. The van der Waals surface area contributed by atoms with Crippen LogP contribution in [0.1, 0.15) is 30.0 Å². The third-order valence-electron chi connectivity index (χ3n) is 5.30. The molecule has 0 aliphatic rings. The lowest BCUT2D eigenvalue weighted by molar-refractivity contribution is -0.122. The van der Waals surface area contributed by atoms with E-state index in [1.165, 1.54) is 9.87 Å². The van der Waals surface area contributed by atoms with Crippen LogP contribution in [0.5, 0.6) is 0 Å². The topological polar surface area (TPSA) is 66.5 Å². The summed E-state index contributed by atoms with van der Waals surface area (Å²) < 4.78 is 27.8. The Morgan fingerprint density at radius 1 is 0.875 bits per heavy atom. The first-order valence-electron chi connectivity index (χ1n) is 10.8. The fourth-order valence-electron chi connectivity index (χ4n) is 3.45. The zero-order chi connectivity index (χ0) is 23.0. The van der Waals surface area contributed by atoms with Gasteiger partial charge in [-0.05, 0) is 49.9 Å². The van der Waals surface area contributed by atoms with Crippen LogP contribution in [0.15, 0.2) is 89.8 Å². The number of nitrogens with one attached hydrogen (secondary N) is 1. The minimum atomic E-state index is -3.82. The molecule has 5 nitrogen and oxygen atoms in total. The molecule has 1 atom stereocenters. The first-order valence-corrected chi connectivity index (χ1v) is 12.2. The maximum Gasteiger partial charge on any atom is 0.243 e. The molecule has 0 unspecified atom stereocenters. The van der Waals surface area contributed by atoms with Gasteiger partial charge in [-0.1, -0.05) is 78.4 Å². The third-order valence-corrected chi connectivity index (χ3v) is 7.10. The highest BCUT2D eigenvalue weighted by Crippen LogP contribution is 2.18. The van der Waals surface area contributed by atoms with E-state index < -0.39 is 10.0 Å². The Hall–Kier alpha value is -2.96. The van der Waals surface area contributed by atoms with E-state index in [1.54, 1.807) is 30.3 Å². The number of amides is 1. The van der Waals surface area contributed by atoms with Crippen LogP contribution >= 0.6 is 0 Å². The molecule has 3 rings (SSSR count). The Labute approximate surface area is 191 Å². The van der Waals surface area contributed by atoms with E-state index in [-0.39, 0.29) is 29.9 Å². The second kappa shape index (κ2) is 11.1. The number of hydrogen-bond acceptors (Lipinski definition) is 3. The van der Waals surface area contributed by atoms with Crippen molar-refractivity contribution in [2.75, 3.05) is 6.54 Å². The van der Waals surface area contributed by atoms with Crippen LogP contribution < -0.4 is 5.32 Å². The lowest BCUT2D eigenvalue weighted by Gasteiger charge is -2.23. The van der Waals surface area contributed by atoms with Gasteiger partial charge >= 0.3 is 0 Å². The second-order valence-corrected chi connectivity index (χ2v) is 10.0. The van der Waals surface area contributed by atoms with E-state index in [4.69, 9.17) is 0 Å². The maximum absolute atomic E-state index is 13.3. The molecule has 0 fully saturated rings. The monoisotopic (exact) mass is 450 g/mol. The maximum atomic E-state index is 13.3. The number of aryl methyl sites for hydroxylation is 2. The largest absolute Gasteiger partial charge is 0.352 e. The molecule has 0 saturated carbocycles. The fraction of sp³-hybridized carbons (Fsp3) is 0.269. The van der Waals surface area contributed by atoms with Gasteiger partial charge in [0.1, 0.15) is 0 Å².